The molecule has 3 nitrogen and oxygen atoms in total. The molecular weight excluding hydrogens is 176 g/mol. The van der Waals surface area contributed by atoms with Crippen LogP contribution in [-0.2, 0) is 0 Å². The third kappa shape index (κ3) is 1.70. The van der Waals surface area contributed by atoms with Crippen molar-refractivity contribution in [3.63, 3.8) is 0 Å². The Bertz CT molecular complexity index is 271. The Labute approximate surface area is 84.6 Å². The summed E-state index contributed by atoms with van der Waals surface area (Å²) in [7, 11) is 0. The predicted molar refractivity (Wildman–Crippen MR) is 55.3 cm³/mol. The molecule has 1 aromatic heterocycles. The van der Waals surface area contributed by atoms with Gasteiger partial charge in [0.1, 0.15) is 0 Å². The minimum absolute atomic E-state index is 0.256. The number of hydrogen-bond donors (Lipinski definition) is 2. The van der Waals surface area contributed by atoms with Crippen molar-refractivity contribution in [3.05, 3.63) is 24.2 Å². The van der Waals surface area contributed by atoms with Gasteiger partial charge in [-0.15, -0.1) is 0 Å². The van der Waals surface area contributed by atoms with Gasteiger partial charge in [-0.05, 0) is 24.3 Å². The Kier molecular flexibility index (Phi) is 2.89. The van der Waals surface area contributed by atoms with Crippen LogP contribution in [0, 0.1) is 11.8 Å². The van der Waals surface area contributed by atoms with Crippen LogP contribution in [0.4, 0.5) is 0 Å². The highest BCUT2D eigenvalue weighted by molar-refractivity contribution is 5.13. The van der Waals surface area contributed by atoms with Crippen LogP contribution in [0.5, 0.6) is 0 Å². The van der Waals surface area contributed by atoms with E-state index in [2.05, 4.69) is 12.3 Å². The molecule has 0 saturated heterocycles. The molecule has 0 spiro atoms. The van der Waals surface area contributed by atoms with E-state index in [0.29, 0.717) is 5.92 Å². The predicted octanol–water partition coefficient (Wildman–Crippen LogP) is 2.22. The fourth-order valence-electron chi connectivity index (χ4n) is 2.59. The molecule has 14 heavy (non-hydrogen) atoms. The number of nitrogens with one attached hydrogen (secondary N) is 1. The first kappa shape index (κ1) is 9.74. The first-order valence-electron chi connectivity index (χ1n) is 5.31. The van der Waals surface area contributed by atoms with Gasteiger partial charge in [0.15, 0.2) is 0 Å². The molecule has 3 unspecified atom stereocenters. The van der Waals surface area contributed by atoms with E-state index in [1.54, 1.807) is 12.5 Å². The van der Waals surface area contributed by atoms with Gasteiger partial charge in [0.2, 0.25) is 0 Å². The smallest absolute Gasteiger partial charge is 0.0950 e. The van der Waals surface area contributed by atoms with Gasteiger partial charge >= 0.3 is 0 Å². The van der Waals surface area contributed by atoms with Gasteiger partial charge in [-0.3, -0.25) is 11.3 Å². The van der Waals surface area contributed by atoms with Crippen molar-refractivity contribution in [2.45, 2.75) is 32.2 Å². The minimum Gasteiger partial charge on any atom is -0.472 e. The Morgan fingerprint density at radius 2 is 2.43 bits per heavy atom. The third-order valence-electron chi connectivity index (χ3n) is 3.44. The van der Waals surface area contributed by atoms with Gasteiger partial charge in [-0.1, -0.05) is 19.8 Å². The molecule has 0 aliphatic heterocycles. The molecule has 0 bridgehead atoms. The Hall–Kier alpha value is -0.800. The van der Waals surface area contributed by atoms with Crippen LogP contribution in [0.3, 0.4) is 0 Å². The summed E-state index contributed by atoms with van der Waals surface area (Å²) >= 11 is 0. The molecule has 0 amide bonds. The summed E-state index contributed by atoms with van der Waals surface area (Å²) in [4.78, 5) is 0. The van der Waals surface area contributed by atoms with Crippen LogP contribution in [0.25, 0.3) is 0 Å². The van der Waals surface area contributed by atoms with Crippen LogP contribution >= 0.6 is 0 Å². The van der Waals surface area contributed by atoms with Crippen LogP contribution < -0.4 is 11.3 Å². The summed E-state index contributed by atoms with van der Waals surface area (Å²) in [6.07, 6.45) is 7.40. The lowest BCUT2D eigenvalue weighted by Crippen LogP contribution is -2.34. The molecule has 1 aromatic rings. The summed E-state index contributed by atoms with van der Waals surface area (Å²) in [5, 5.41) is 0. The standard InChI is InChI=1S/C11H18N2O/c1-8-3-2-4-10(8)11(13-12)9-5-6-14-7-9/h5-8,10-11,13H,2-4,12H2,1H3. The lowest BCUT2D eigenvalue weighted by atomic mass is 9.87. The average Bonchev–Trinajstić information content (AvgIpc) is 2.80. The third-order valence-corrected chi connectivity index (χ3v) is 3.44. The van der Waals surface area contributed by atoms with Gasteiger partial charge in [-0.2, -0.15) is 0 Å². The fraction of sp³-hybridized carbons (Fsp3) is 0.636. The zero-order chi connectivity index (χ0) is 9.97. The lowest BCUT2D eigenvalue weighted by Gasteiger charge is -2.25. The van der Waals surface area contributed by atoms with Crippen molar-refractivity contribution in [1.82, 2.24) is 5.43 Å². The number of hydrogen-bond acceptors (Lipinski definition) is 3. The van der Waals surface area contributed by atoms with Crippen LogP contribution in [-0.4, -0.2) is 0 Å². The van der Waals surface area contributed by atoms with Gasteiger partial charge in [0.25, 0.3) is 0 Å². The Morgan fingerprint density at radius 1 is 1.57 bits per heavy atom. The van der Waals surface area contributed by atoms with E-state index in [0.717, 1.165) is 5.92 Å². The maximum absolute atomic E-state index is 5.61. The highest BCUT2D eigenvalue weighted by Crippen LogP contribution is 2.39. The zero-order valence-corrected chi connectivity index (χ0v) is 8.57. The second-order valence-corrected chi connectivity index (χ2v) is 4.27. The Balaban J connectivity index is 2.13. The number of furan rings is 1. The summed E-state index contributed by atoms with van der Waals surface area (Å²) < 4.78 is 5.10. The molecule has 3 N–H and O–H groups in total. The molecule has 1 aliphatic rings. The highest BCUT2D eigenvalue weighted by atomic mass is 16.3. The summed E-state index contributed by atoms with van der Waals surface area (Å²) in [5.74, 6) is 7.02. The van der Waals surface area contributed by atoms with Crippen molar-refractivity contribution in [2.24, 2.45) is 17.7 Å². The van der Waals surface area contributed by atoms with Gasteiger partial charge in [0, 0.05) is 5.56 Å². The van der Waals surface area contributed by atoms with Crippen molar-refractivity contribution >= 4 is 0 Å². The molecule has 1 fully saturated rings. The normalized spacial score (nSPS) is 29.3. The summed E-state index contributed by atoms with van der Waals surface area (Å²) in [6.45, 7) is 2.31. The first-order valence-corrected chi connectivity index (χ1v) is 5.31. The summed E-state index contributed by atoms with van der Waals surface area (Å²) in [6, 6.07) is 2.25. The number of nitrogens with two attached hydrogens (primary N) is 1. The molecule has 78 valence electrons. The maximum Gasteiger partial charge on any atom is 0.0950 e. The lowest BCUT2D eigenvalue weighted by molar-refractivity contribution is 0.303. The van der Waals surface area contributed by atoms with Crippen LogP contribution in [0.15, 0.2) is 23.0 Å². The zero-order valence-electron chi connectivity index (χ0n) is 8.57. The number of hydrazine groups is 1. The molecule has 1 heterocycles. The summed E-state index contributed by atoms with van der Waals surface area (Å²) in [5.41, 5.74) is 4.09. The largest absolute Gasteiger partial charge is 0.472 e. The van der Waals surface area contributed by atoms with E-state index in [-0.39, 0.29) is 6.04 Å². The topological polar surface area (TPSA) is 51.2 Å². The molecule has 0 radical (unpaired) electrons. The Morgan fingerprint density at radius 3 is 2.93 bits per heavy atom. The van der Waals surface area contributed by atoms with E-state index in [9.17, 15) is 0 Å². The van der Waals surface area contributed by atoms with Crippen molar-refractivity contribution < 1.29 is 4.42 Å². The minimum atomic E-state index is 0.256. The second kappa shape index (κ2) is 4.15. The molecule has 3 atom stereocenters. The van der Waals surface area contributed by atoms with Gasteiger partial charge < -0.3 is 4.42 Å². The first-order chi connectivity index (χ1) is 6.83. The van der Waals surface area contributed by atoms with Crippen molar-refractivity contribution in [1.29, 1.82) is 0 Å². The van der Waals surface area contributed by atoms with E-state index in [4.69, 9.17) is 10.3 Å². The van der Waals surface area contributed by atoms with E-state index >= 15 is 0 Å². The molecule has 1 aliphatic carbocycles. The molecule has 3 heteroatoms. The highest BCUT2D eigenvalue weighted by Gasteiger charge is 2.31. The quantitative estimate of drug-likeness (QED) is 0.573. The van der Waals surface area contributed by atoms with Crippen molar-refractivity contribution in [2.75, 3.05) is 0 Å². The van der Waals surface area contributed by atoms with E-state index in [1.165, 1.54) is 24.8 Å². The van der Waals surface area contributed by atoms with Crippen LogP contribution in [0.1, 0.15) is 37.8 Å². The van der Waals surface area contributed by atoms with Crippen molar-refractivity contribution in [3.8, 4) is 0 Å². The maximum atomic E-state index is 5.61. The van der Waals surface area contributed by atoms with Crippen LogP contribution in [0.2, 0.25) is 0 Å². The van der Waals surface area contributed by atoms with Gasteiger partial charge in [-0.25, -0.2) is 0 Å². The van der Waals surface area contributed by atoms with E-state index < -0.39 is 0 Å². The monoisotopic (exact) mass is 194 g/mol. The second-order valence-electron chi connectivity index (χ2n) is 4.27. The molecular formula is C11H18N2O. The van der Waals surface area contributed by atoms with Gasteiger partial charge in [0.05, 0.1) is 18.6 Å². The average molecular weight is 194 g/mol. The van der Waals surface area contributed by atoms with E-state index in [1.807, 2.05) is 6.07 Å². The molecule has 2 rings (SSSR count). The molecule has 1 saturated carbocycles. The fourth-order valence-corrected chi connectivity index (χ4v) is 2.59. The SMILES string of the molecule is CC1CCCC1C(NN)c1ccoc1. The molecule has 0 aromatic carbocycles. The number of rotatable bonds is 3.